The van der Waals surface area contributed by atoms with Gasteiger partial charge in [-0.2, -0.15) is 0 Å². The number of anilines is 1. The second kappa shape index (κ2) is 5.58. The lowest BCUT2D eigenvalue weighted by Crippen LogP contribution is -2.33. The Balaban J connectivity index is 1.81. The summed E-state index contributed by atoms with van der Waals surface area (Å²) in [6, 6.07) is 9.42. The van der Waals surface area contributed by atoms with E-state index in [-0.39, 0.29) is 17.0 Å². The molecule has 0 unspecified atom stereocenters. The molecule has 1 saturated carbocycles. The predicted octanol–water partition coefficient (Wildman–Crippen LogP) is 2.56. The normalized spacial score (nSPS) is 16.3. The quantitative estimate of drug-likeness (QED) is 0.823. The van der Waals surface area contributed by atoms with Crippen molar-refractivity contribution in [2.75, 3.05) is 12.3 Å². The van der Waals surface area contributed by atoms with E-state index >= 15 is 0 Å². The lowest BCUT2D eigenvalue weighted by Gasteiger charge is -2.18. The molecule has 1 aliphatic rings. The number of nitrogens with one attached hydrogen (secondary N) is 1. The Hall–Kier alpha value is -1.99. The Morgan fingerprint density at radius 2 is 1.61 bits per heavy atom. The van der Waals surface area contributed by atoms with Crippen molar-refractivity contribution in [2.24, 2.45) is 0 Å². The number of rotatable bonds is 5. The van der Waals surface area contributed by atoms with Crippen molar-refractivity contribution < 1.29 is 17.2 Å². The van der Waals surface area contributed by atoms with Crippen LogP contribution in [0.1, 0.15) is 18.4 Å². The Labute approximate surface area is 133 Å². The zero-order chi connectivity index (χ0) is 16.7. The van der Waals surface area contributed by atoms with Crippen molar-refractivity contribution in [3.05, 3.63) is 59.7 Å². The molecule has 1 fully saturated rings. The molecule has 0 radical (unpaired) electrons. The van der Waals surface area contributed by atoms with Crippen LogP contribution in [0.4, 0.5) is 14.5 Å². The van der Waals surface area contributed by atoms with Crippen molar-refractivity contribution in [1.82, 2.24) is 4.72 Å². The van der Waals surface area contributed by atoms with Crippen LogP contribution in [0.5, 0.6) is 0 Å². The fourth-order valence-electron chi connectivity index (χ4n) is 2.63. The van der Waals surface area contributed by atoms with Gasteiger partial charge in [-0.1, -0.05) is 6.07 Å². The Morgan fingerprint density at radius 1 is 1.04 bits per heavy atom. The van der Waals surface area contributed by atoms with E-state index in [2.05, 4.69) is 4.72 Å². The number of benzene rings is 2. The zero-order valence-electron chi connectivity index (χ0n) is 12.2. The molecule has 0 atom stereocenters. The first-order chi connectivity index (χ1) is 10.8. The van der Waals surface area contributed by atoms with Crippen LogP contribution in [0.3, 0.4) is 0 Å². The van der Waals surface area contributed by atoms with E-state index in [4.69, 9.17) is 5.73 Å². The summed E-state index contributed by atoms with van der Waals surface area (Å²) in [5.41, 5.74) is 5.14. The second-order valence-corrected chi connectivity index (χ2v) is 7.54. The first-order valence-electron chi connectivity index (χ1n) is 7.14. The highest BCUT2D eigenvalue weighted by Gasteiger charge is 2.48. The Kier molecular flexibility index (Phi) is 3.85. The molecule has 3 rings (SSSR count). The van der Waals surface area contributed by atoms with Crippen molar-refractivity contribution in [1.29, 1.82) is 0 Å². The second-order valence-electron chi connectivity index (χ2n) is 5.77. The molecule has 23 heavy (non-hydrogen) atoms. The van der Waals surface area contributed by atoms with Gasteiger partial charge in [-0.05, 0) is 49.2 Å². The summed E-state index contributed by atoms with van der Waals surface area (Å²) in [6.45, 7) is -0.0441. The Morgan fingerprint density at radius 3 is 2.13 bits per heavy atom. The van der Waals surface area contributed by atoms with E-state index in [0.717, 1.165) is 0 Å². The van der Waals surface area contributed by atoms with E-state index in [1.165, 1.54) is 42.5 Å². The first-order valence-corrected chi connectivity index (χ1v) is 8.62. The maximum absolute atomic E-state index is 13.9. The molecule has 0 amide bonds. The third-order valence-electron chi connectivity index (χ3n) is 4.14. The molecule has 0 saturated heterocycles. The van der Waals surface area contributed by atoms with Crippen LogP contribution >= 0.6 is 0 Å². The highest BCUT2D eigenvalue weighted by Crippen LogP contribution is 2.49. The third-order valence-corrected chi connectivity index (χ3v) is 5.55. The van der Waals surface area contributed by atoms with Gasteiger partial charge in [0.05, 0.1) is 4.90 Å². The van der Waals surface area contributed by atoms with Gasteiger partial charge in [0, 0.05) is 23.2 Å². The summed E-state index contributed by atoms with van der Waals surface area (Å²) in [5, 5.41) is 0. The first kappa shape index (κ1) is 15.9. The molecule has 122 valence electrons. The minimum atomic E-state index is -3.75. The highest BCUT2D eigenvalue weighted by atomic mass is 32.2. The summed E-state index contributed by atoms with van der Waals surface area (Å²) in [4.78, 5) is 0.0662. The van der Waals surface area contributed by atoms with Gasteiger partial charge in [0.1, 0.15) is 11.6 Å². The molecule has 4 nitrogen and oxygen atoms in total. The van der Waals surface area contributed by atoms with Crippen LogP contribution in [0.25, 0.3) is 0 Å². The average molecular weight is 338 g/mol. The van der Waals surface area contributed by atoms with Gasteiger partial charge in [0.25, 0.3) is 0 Å². The Bertz CT molecular complexity index is 811. The lowest BCUT2D eigenvalue weighted by molar-refractivity contribution is 0.504. The van der Waals surface area contributed by atoms with Gasteiger partial charge in [0.15, 0.2) is 0 Å². The van der Waals surface area contributed by atoms with Gasteiger partial charge in [-0.3, -0.25) is 0 Å². The number of nitrogen functional groups attached to an aromatic ring is 1. The molecule has 0 heterocycles. The molecule has 0 aliphatic heterocycles. The molecule has 7 heteroatoms. The molecule has 2 aromatic rings. The molecular formula is C16H16F2N2O2S. The van der Waals surface area contributed by atoms with Crippen molar-refractivity contribution in [3.8, 4) is 0 Å². The van der Waals surface area contributed by atoms with Crippen molar-refractivity contribution >= 4 is 15.7 Å². The van der Waals surface area contributed by atoms with E-state index in [9.17, 15) is 17.2 Å². The van der Waals surface area contributed by atoms with Gasteiger partial charge < -0.3 is 5.73 Å². The van der Waals surface area contributed by atoms with E-state index in [1.54, 1.807) is 0 Å². The summed E-state index contributed by atoms with van der Waals surface area (Å²) < 4.78 is 54.9. The van der Waals surface area contributed by atoms with Crippen LogP contribution in [0.2, 0.25) is 0 Å². The van der Waals surface area contributed by atoms with E-state index in [1.807, 2.05) is 0 Å². The van der Waals surface area contributed by atoms with Crippen LogP contribution in [0.15, 0.2) is 47.4 Å². The van der Waals surface area contributed by atoms with Crippen molar-refractivity contribution in [3.63, 3.8) is 0 Å². The number of halogens is 2. The monoisotopic (exact) mass is 338 g/mol. The fourth-order valence-corrected chi connectivity index (χ4v) is 3.76. The lowest BCUT2D eigenvalue weighted by atomic mass is 9.95. The predicted molar refractivity (Wildman–Crippen MR) is 83.3 cm³/mol. The molecule has 0 bridgehead atoms. The molecule has 2 aromatic carbocycles. The maximum atomic E-state index is 13.9. The topological polar surface area (TPSA) is 72.2 Å². The maximum Gasteiger partial charge on any atom is 0.240 e. The minimum absolute atomic E-state index is 0.0417. The van der Waals surface area contributed by atoms with E-state index in [0.29, 0.717) is 18.5 Å². The largest absolute Gasteiger partial charge is 0.399 e. The van der Waals surface area contributed by atoms with Crippen molar-refractivity contribution in [2.45, 2.75) is 23.2 Å². The van der Waals surface area contributed by atoms with Crippen LogP contribution < -0.4 is 10.5 Å². The molecule has 0 aromatic heterocycles. The number of nitrogens with two attached hydrogens (primary N) is 1. The van der Waals surface area contributed by atoms with Gasteiger partial charge in [-0.15, -0.1) is 0 Å². The summed E-state index contributed by atoms with van der Waals surface area (Å²) >= 11 is 0. The number of hydrogen-bond donors (Lipinski definition) is 2. The van der Waals surface area contributed by atoms with Gasteiger partial charge >= 0.3 is 0 Å². The van der Waals surface area contributed by atoms with Crippen LogP contribution in [-0.4, -0.2) is 15.0 Å². The van der Waals surface area contributed by atoms with Gasteiger partial charge in [0.2, 0.25) is 10.0 Å². The highest BCUT2D eigenvalue weighted by molar-refractivity contribution is 7.89. The summed E-state index contributed by atoms with van der Waals surface area (Å²) in [7, 11) is -3.75. The van der Waals surface area contributed by atoms with Crippen LogP contribution in [-0.2, 0) is 15.4 Å². The minimum Gasteiger partial charge on any atom is -0.399 e. The molecule has 3 N–H and O–H groups in total. The SMILES string of the molecule is Nc1ccc(S(=O)(=O)NCC2(c3c(F)cccc3F)CC2)cc1. The molecular weight excluding hydrogens is 322 g/mol. The number of hydrogen-bond acceptors (Lipinski definition) is 3. The average Bonchev–Trinajstić information content (AvgIpc) is 3.27. The fraction of sp³-hybridized carbons (Fsp3) is 0.250. The summed E-state index contributed by atoms with van der Waals surface area (Å²) in [5.74, 6) is -1.29. The van der Waals surface area contributed by atoms with Gasteiger partial charge in [-0.25, -0.2) is 21.9 Å². The zero-order valence-corrected chi connectivity index (χ0v) is 13.0. The summed E-state index contributed by atoms with van der Waals surface area (Å²) in [6.07, 6.45) is 1.07. The molecule has 0 spiro atoms. The van der Waals surface area contributed by atoms with E-state index < -0.39 is 27.1 Å². The third kappa shape index (κ3) is 3.07. The standard InChI is InChI=1S/C16H16F2N2O2S/c17-13-2-1-3-14(18)15(13)16(8-9-16)10-20-23(21,22)12-6-4-11(19)5-7-12/h1-7,20H,8-10,19H2. The molecule has 1 aliphatic carbocycles. The van der Waals surface area contributed by atoms with Crippen LogP contribution in [0, 0.1) is 11.6 Å². The smallest absolute Gasteiger partial charge is 0.240 e. The number of sulfonamides is 1.